The van der Waals surface area contributed by atoms with E-state index in [0.29, 0.717) is 6.10 Å². The minimum Gasteiger partial charge on any atom is -0.395 e. The molecule has 4 heteroatoms. The number of rotatable bonds is 7. The monoisotopic (exact) mass is 244 g/mol. The highest BCUT2D eigenvalue weighted by molar-refractivity contribution is 4.85. The van der Waals surface area contributed by atoms with Gasteiger partial charge in [0.2, 0.25) is 0 Å². The Labute approximate surface area is 105 Å². The van der Waals surface area contributed by atoms with Crippen molar-refractivity contribution in [2.45, 2.75) is 57.7 Å². The molecule has 3 unspecified atom stereocenters. The number of piperidine rings is 1. The lowest BCUT2D eigenvalue weighted by Gasteiger charge is -2.39. The van der Waals surface area contributed by atoms with E-state index in [1.54, 1.807) is 0 Å². The summed E-state index contributed by atoms with van der Waals surface area (Å²) < 4.78 is 5.81. The number of aliphatic hydroxyl groups excluding tert-OH is 1. The fourth-order valence-electron chi connectivity index (χ4n) is 2.48. The van der Waals surface area contributed by atoms with Gasteiger partial charge in [0.1, 0.15) is 0 Å². The van der Waals surface area contributed by atoms with E-state index in [4.69, 9.17) is 10.5 Å². The van der Waals surface area contributed by atoms with Gasteiger partial charge in [0, 0.05) is 25.2 Å². The molecule has 0 saturated carbocycles. The molecule has 3 atom stereocenters. The van der Waals surface area contributed by atoms with Crippen LogP contribution in [-0.4, -0.2) is 54.5 Å². The zero-order chi connectivity index (χ0) is 12.7. The van der Waals surface area contributed by atoms with Crippen LogP contribution in [0.25, 0.3) is 0 Å². The SMILES string of the molecule is CCCOC1CCCN(C(CO)C(N)CC)C1. The lowest BCUT2D eigenvalue weighted by atomic mass is 10.0. The third-order valence-electron chi connectivity index (χ3n) is 3.59. The molecule has 0 aromatic heterocycles. The van der Waals surface area contributed by atoms with Gasteiger partial charge < -0.3 is 15.6 Å². The van der Waals surface area contributed by atoms with Crippen LogP contribution in [0.3, 0.4) is 0 Å². The van der Waals surface area contributed by atoms with Gasteiger partial charge in [-0.15, -0.1) is 0 Å². The van der Waals surface area contributed by atoms with E-state index in [-0.39, 0.29) is 18.7 Å². The fraction of sp³-hybridized carbons (Fsp3) is 1.00. The van der Waals surface area contributed by atoms with Crippen molar-refractivity contribution in [3.05, 3.63) is 0 Å². The molecule has 0 bridgehead atoms. The molecule has 3 N–H and O–H groups in total. The maximum atomic E-state index is 9.48. The average Bonchev–Trinajstić information content (AvgIpc) is 2.37. The Bertz CT molecular complexity index is 202. The predicted octanol–water partition coefficient (Wildman–Crippen LogP) is 0.976. The number of aliphatic hydroxyl groups is 1. The predicted molar refractivity (Wildman–Crippen MR) is 70.0 cm³/mol. The van der Waals surface area contributed by atoms with Gasteiger partial charge in [-0.2, -0.15) is 0 Å². The van der Waals surface area contributed by atoms with Crippen molar-refractivity contribution in [1.29, 1.82) is 0 Å². The van der Waals surface area contributed by atoms with Gasteiger partial charge in [-0.05, 0) is 32.2 Å². The first-order valence-corrected chi connectivity index (χ1v) is 6.95. The first-order chi connectivity index (χ1) is 8.22. The van der Waals surface area contributed by atoms with E-state index in [2.05, 4.69) is 18.7 Å². The molecule has 1 aliphatic rings. The number of hydrogen-bond acceptors (Lipinski definition) is 4. The lowest BCUT2D eigenvalue weighted by Crippen LogP contribution is -2.54. The maximum Gasteiger partial charge on any atom is 0.0702 e. The standard InChI is InChI=1S/C13H28N2O2/c1-3-8-17-11-6-5-7-15(9-11)13(10-16)12(14)4-2/h11-13,16H,3-10,14H2,1-2H3. The molecule has 0 radical (unpaired) electrons. The van der Waals surface area contributed by atoms with Gasteiger partial charge >= 0.3 is 0 Å². The first-order valence-electron chi connectivity index (χ1n) is 6.95. The Hall–Kier alpha value is -0.160. The van der Waals surface area contributed by atoms with Crippen LogP contribution in [0.15, 0.2) is 0 Å². The molecule has 1 heterocycles. The van der Waals surface area contributed by atoms with E-state index >= 15 is 0 Å². The van der Waals surface area contributed by atoms with Crippen LogP contribution in [0.5, 0.6) is 0 Å². The van der Waals surface area contributed by atoms with Gasteiger partial charge in [0.25, 0.3) is 0 Å². The van der Waals surface area contributed by atoms with Crippen molar-refractivity contribution < 1.29 is 9.84 Å². The Morgan fingerprint density at radius 2 is 2.24 bits per heavy atom. The summed E-state index contributed by atoms with van der Waals surface area (Å²) in [7, 11) is 0. The average molecular weight is 244 g/mol. The van der Waals surface area contributed by atoms with Crippen LogP contribution in [-0.2, 0) is 4.74 Å². The van der Waals surface area contributed by atoms with Gasteiger partial charge in [-0.3, -0.25) is 4.90 Å². The third-order valence-corrected chi connectivity index (χ3v) is 3.59. The van der Waals surface area contributed by atoms with E-state index in [9.17, 15) is 5.11 Å². The number of ether oxygens (including phenoxy) is 1. The minimum absolute atomic E-state index is 0.0601. The van der Waals surface area contributed by atoms with Crippen LogP contribution in [0.1, 0.15) is 39.5 Å². The van der Waals surface area contributed by atoms with Gasteiger partial charge in [-0.1, -0.05) is 13.8 Å². The van der Waals surface area contributed by atoms with Crippen molar-refractivity contribution in [3.63, 3.8) is 0 Å². The Morgan fingerprint density at radius 1 is 1.47 bits per heavy atom. The summed E-state index contributed by atoms with van der Waals surface area (Å²) in [5.41, 5.74) is 6.06. The normalized spacial score (nSPS) is 25.8. The summed E-state index contributed by atoms with van der Waals surface area (Å²) in [5.74, 6) is 0. The topological polar surface area (TPSA) is 58.7 Å². The van der Waals surface area contributed by atoms with E-state index in [1.165, 1.54) is 0 Å². The maximum absolute atomic E-state index is 9.48. The molecule has 102 valence electrons. The van der Waals surface area contributed by atoms with Crippen molar-refractivity contribution in [1.82, 2.24) is 4.90 Å². The second-order valence-electron chi connectivity index (χ2n) is 4.95. The molecule has 1 aliphatic heterocycles. The van der Waals surface area contributed by atoms with Crippen molar-refractivity contribution in [2.75, 3.05) is 26.3 Å². The number of nitrogens with two attached hydrogens (primary N) is 1. The van der Waals surface area contributed by atoms with Crippen LogP contribution in [0.2, 0.25) is 0 Å². The van der Waals surface area contributed by atoms with Crippen LogP contribution in [0, 0.1) is 0 Å². The van der Waals surface area contributed by atoms with Crippen LogP contribution in [0.4, 0.5) is 0 Å². The molecule has 0 amide bonds. The molecule has 17 heavy (non-hydrogen) atoms. The lowest BCUT2D eigenvalue weighted by molar-refractivity contribution is -0.0243. The number of likely N-dealkylation sites (tertiary alicyclic amines) is 1. The van der Waals surface area contributed by atoms with Crippen LogP contribution < -0.4 is 5.73 Å². The van der Waals surface area contributed by atoms with E-state index in [0.717, 1.165) is 45.4 Å². The first kappa shape index (κ1) is 14.9. The Kier molecular flexibility index (Phi) is 7.04. The Morgan fingerprint density at radius 3 is 2.82 bits per heavy atom. The quantitative estimate of drug-likeness (QED) is 0.701. The zero-order valence-electron chi connectivity index (χ0n) is 11.3. The molecule has 0 aromatic rings. The minimum atomic E-state index is 0.0601. The fourth-order valence-corrected chi connectivity index (χ4v) is 2.48. The molecule has 4 nitrogen and oxygen atoms in total. The van der Waals surface area contributed by atoms with E-state index in [1.807, 2.05) is 0 Å². The molecule has 1 rings (SSSR count). The molecule has 1 saturated heterocycles. The third kappa shape index (κ3) is 4.54. The number of hydrogen-bond donors (Lipinski definition) is 2. The van der Waals surface area contributed by atoms with E-state index < -0.39 is 0 Å². The Balaban J connectivity index is 2.46. The number of nitrogens with zero attached hydrogens (tertiary/aromatic N) is 1. The molecule has 0 aliphatic carbocycles. The van der Waals surface area contributed by atoms with Gasteiger partial charge in [0.15, 0.2) is 0 Å². The van der Waals surface area contributed by atoms with Gasteiger partial charge in [-0.25, -0.2) is 0 Å². The second kappa shape index (κ2) is 8.03. The summed E-state index contributed by atoms with van der Waals surface area (Å²) in [6, 6.07) is 0.151. The van der Waals surface area contributed by atoms with Crippen molar-refractivity contribution in [3.8, 4) is 0 Å². The highest BCUT2D eigenvalue weighted by Crippen LogP contribution is 2.17. The molecule has 0 aromatic carbocycles. The molecule has 1 fully saturated rings. The summed E-state index contributed by atoms with van der Waals surface area (Å²) in [4.78, 5) is 2.30. The summed E-state index contributed by atoms with van der Waals surface area (Å²) in [6.45, 7) is 7.13. The van der Waals surface area contributed by atoms with Crippen molar-refractivity contribution in [2.24, 2.45) is 5.73 Å². The van der Waals surface area contributed by atoms with Gasteiger partial charge in [0.05, 0.1) is 12.7 Å². The largest absolute Gasteiger partial charge is 0.395 e. The second-order valence-corrected chi connectivity index (χ2v) is 4.95. The summed E-state index contributed by atoms with van der Waals surface area (Å²) >= 11 is 0. The van der Waals surface area contributed by atoms with Crippen LogP contribution >= 0.6 is 0 Å². The molecule has 0 spiro atoms. The smallest absolute Gasteiger partial charge is 0.0702 e. The van der Waals surface area contributed by atoms with Crippen molar-refractivity contribution >= 4 is 0 Å². The summed E-state index contributed by atoms with van der Waals surface area (Å²) in [5, 5.41) is 9.48. The highest BCUT2D eigenvalue weighted by Gasteiger charge is 2.28. The summed E-state index contributed by atoms with van der Waals surface area (Å²) in [6.07, 6.45) is 4.57. The molecular formula is C13H28N2O2. The highest BCUT2D eigenvalue weighted by atomic mass is 16.5. The molecular weight excluding hydrogens is 216 g/mol. The zero-order valence-corrected chi connectivity index (χ0v) is 11.3.